The minimum absolute atomic E-state index is 0.829. The van der Waals surface area contributed by atoms with Crippen molar-refractivity contribution in [1.29, 1.82) is 0 Å². The summed E-state index contributed by atoms with van der Waals surface area (Å²) in [5.74, 6) is 0. The lowest BCUT2D eigenvalue weighted by Gasteiger charge is -2.08. The van der Waals surface area contributed by atoms with Crippen LogP contribution in [0.1, 0.15) is 11.1 Å². The lowest BCUT2D eigenvalue weighted by Crippen LogP contribution is -2.22. The second-order valence-corrected chi connectivity index (χ2v) is 3.49. The molecule has 3 heteroatoms. The third kappa shape index (κ3) is 0.901. The van der Waals surface area contributed by atoms with E-state index in [1.807, 2.05) is 36.2 Å². The molecule has 0 unspecified atom stereocenters. The Kier molecular flexibility index (Phi) is 1.70. The molecule has 60 valence electrons. The summed E-state index contributed by atoms with van der Waals surface area (Å²) in [6, 6.07) is 7.97. The molecule has 1 nitrogen and oxygen atoms in total. The van der Waals surface area contributed by atoms with E-state index in [0.29, 0.717) is 0 Å². The molecule has 0 aromatic heterocycles. The Hall–Kier alpha value is -0.800. The van der Waals surface area contributed by atoms with Crippen LogP contribution in [0.15, 0.2) is 24.3 Å². The summed E-state index contributed by atoms with van der Waals surface area (Å²) >= 11 is 10.4. The zero-order valence-corrected chi connectivity index (χ0v) is 8.21. The molecule has 0 saturated carbocycles. The lowest BCUT2D eigenvalue weighted by molar-refractivity contribution is 0.803. The zero-order valence-electron chi connectivity index (χ0n) is 6.57. The number of fused-ring (bicyclic) bond motifs is 1. The largest absolute Gasteiger partial charge is 0.326 e. The van der Waals surface area contributed by atoms with Crippen molar-refractivity contribution in [3.63, 3.8) is 0 Å². The van der Waals surface area contributed by atoms with Gasteiger partial charge in [0.15, 0.2) is 0 Å². The van der Waals surface area contributed by atoms with Gasteiger partial charge in [0.25, 0.3) is 0 Å². The highest BCUT2D eigenvalue weighted by Crippen LogP contribution is 2.22. The van der Waals surface area contributed by atoms with Crippen LogP contribution in [-0.4, -0.2) is 21.9 Å². The van der Waals surface area contributed by atoms with Crippen molar-refractivity contribution in [3.8, 4) is 0 Å². The predicted octanol–water partition coefficient (Wildman–Crippen LogP) is 1.98. The van der Waals surface area contributed by atoms with Crippen molar-refractivity contribution < 1.29 is 0 Å². The van der Waals surface area contributed by atoms with Gasteiger partial charge in [-0.1, -0.05) is 48.7 Å². The molecule has 1 aromatic carbocycles. The van der Waals surface area contributed by atoms with E-state index in [1.165, 1.54) is 0 Å². The maximum absolute atomic E-state index is 5.21. The van der Waals surface area contributed by atoms with Gasteiger partial charge in [0.1, 0.15) is 9.98 Å². The first-order valence-corrected chi connectivity index (χ1v) is 4.45. The number of nitrogens with zero attached hydrogens (tertiary/aromatic N) is 1. The van der Waals surface area contributed by atoms with Crippen molar-refractivity contribution in [2.75, 3.05) is 7.05 Å². The Morgan fingerprint density at radius 1 is 1.00 bits per heavy atom. The number of hydrogen-bond acceptors (Lipinski definition) is 2. The van der Waals surface area contributed by atoms with E-state index >= 15 is 0 Å². The first-order valence-electron chi connectivity index (χ1n) is 3.63. The molecule has 0 radical (unpaired) electrons. The van der Waals surface area contributed by atoms with Crippen LogP contribution in [0.2, 0.25) is 0 Å². The molecule has 1 heterocycles. The van der Waals surface area contributed by atoms with Gasteiger partial charge in [0, 0.05) is 18.2 Å². The van der Waals surface area contributed by atoms with E-state index in [9.17, 15) is 0 Å². The fourth-order valence-electron chi connectivity index (χ4n) is 1.31. The summed E-state index contributed by atoms with van der Waals surface area (Å²) < 4.78 is 0. The third-order valence-electron chi connectivity index (χ3n) is 2.00. The molecular weight excluding hydrogens is 186 g/mol. The van der Waals surface area contributed by atoms with Crippen LogP contribution in [0, 0.1) is 0 Å². The predicted molar refractivity (Wildman–Crippen MR) is 57.6 cm³/mol. The topological polar surface area (TPSA) is 3.24 Å². The summed E-state index contributed by atoms with van der Waals surface area (Å²) in [6.07, 6.45) is 0. The molecule has 0 atom stereocenters. The van der Waals surface area contributed by atoms with Crippen LogP contribution >= 0.6 is 24.4 Å². The number of rotatable bonds is 0. The summed E-state index contributed by atoms with van der Waals surface area (Å²) in [6.45, 7) is 0. The molecule has 0 amide bonds. The molecule has 0 N–H and O–H groups in total. The second kappa shape index (κ2) is 2.61. The normalized spacial score (nSPS) is 15.2. The van der Waals surface area contributed by atoms with E-state index < -0.39 is 0 Å². The van der Waals surface area contributed by atoms with Crippen molar-refractivity contribution in [3.05, 3.63) is 35.4 Å². The van der Waals surface area contributed by atoms with Crippen LogP contribution < -0.4 is 0 Å². The molecule has 0 fully saturated rings. The highest BCUT2D eigenvalue weighted by molar-refractivity contribution is 7.82. The first-order chi connectivity index (χ1) is 5.72. The van der Waals surface area contributed by atoms with Crippen molar-refractivity contribution >= 4 is 34.4 Å². The van der Waals surface area contributed by atoms with Crippen LogP contribution in [-0.2, 0) is 0 Å². The Morgan fingerprint density at radius 3 is 1.83 bits per heavy atom. The SMILES string of the molecule is CN1C(=S)c2ccccc2C1=S. The van der Waals surface area contributed by atoms with E-state index in [4.69, 9.17) is 24.4 Å². The Bertz CT molecular complexity index is 336. The fourth-order valence-corrected chi connectivity index (χ4v) is 1.91. The van der Waals surface area contributed by atoms with Crippen molar-refractivity contribution in [1.82, 2.24) is 4.90 Å². The van der Waals surface area contributed by atoms with Crippen molar-refractivity contribution in [2.24, 2.45) is 0 Å². The van der Waals surface area contributed by atoms with Gasteiger partial charge in [-0.15, -0.1) is 0 Å². The molecule has 1 aliphatic rings. The van der Waals surface area contributed by atoms with Crippen LogP contribution in [0.5, 0.6) is 0 Å². The average molecular weight is 193 g/mol. The number of thiocarbonyl (C=S) groups is 2. The molecule has 1 aliphatic heterocycles. The highest BCUT2D eigenvalue weighted by atomic mass is 32.1. The number of hydrogen-bond donors (Lipinski definition) is 0. The van der Waals surface area contributed by atoms with Gasteiger partial charge in [-0.25, -0.2) is 0 Å². The van der Waals surface area contributed by atoms with Gasteiger partial charge < -0.3 is 4.90 Å². The van der Waals surface area contributed by atoms with E-state index in [2.05, 4.69) is 0 Å². The molecule has 0 spiro atoms. The zero-order chi connectivity index (χ0) is 8.72. The Balaban J connectivity index is 2.67. The molecule has 2 rings (SSSR count). The van der Waals surface area contributed by atoms with Gasteiger partial charge in [-0.2, -0.15) is 0 Å². The number of benzene rings is 1. The van der Waals surface area contributed by atoms with E-state index in [-0.39, 0.29) is 0 Å². The smallest absolute Gasteiger partial charge is 0.114 e. The molecular formula is C9H7NS2. The van der Waals surface area contributed by atoms with Gasteiger partial charge in [0.05, 0.1) is 0 Å². The Labute approximate surface area is 82.0 Å². The Morgan fingerprint density at radius 2 is 1.42 bits per heavy atom. The minimum Gasteiger partial charge on any atom is -0.326 e. The summed E-state index contributed by atoms with van der Waals surface area (Å²) in [4.78, 5) is 3.53. The van der Waals surface area contributed by atoms with Crippen LogP contribution in [0.4, 0.5) is 0 Å². The van der Waals surface area contributed by atoms with E-state index in [1.54, 1.807) is 0 Å². The molecule has 0 aliphatic carbocycles. The standard InChI is InChI=1S/C9H7NS2/c1-10-8(11)6-4-2-3-5-7(6)9(10)12/h2-5H,1H3. The van der Waals surface area contributed by atoms with Gasteiger partial charge >= 0.3 is 0 Å². The first kappa shape index (κ1) is 7.83. The summed E-state index contributed by atoms with van der Waals surface area (Å²) in [5, 5.41) is 0. The van der Waals surface area contributed by atoms with E-state index in [0.717, 1.165) is 21.1 Å². The summed E-state index contributed by atoms with van der Waals surface area (Å²) in [5.41, 5.74) is 2.17. The van der Waals surface area contributed by atoms with Gasteiger partial charge in [0.2, 0.25) is 0 Å². The third-order valence-corrected chi connectivity index (χ3v) is 2.98. The average Bonchev–Trinajstić information content (AvgIpc) is 2.33. The maximum Gasteiger partial charge on any atom is 0.114 e. The van der Waals surface area contributed by atoms with Crippen LogP contribution in [0.3, 0.4) is 0 Å². The monoisotopic (exact) mass is 193 g/mol. The minimum atomic E-state index is 0.829. The molecule has 0 bridgehead atoms. The molecule has 0 saturated heterocycles. The fraction of sp³-hybridized carbons (Fsp3) is 0.111. The van der Waals surface area contributed by atoms with Crippen LogP contribution in [0.25, 0.3) is 0 Å². The summed E-state index contributed by atoms with van der Waals surface area (Å²) in [7, 11) is 1.91. The highest BCUT2D eigenvalue weighted by Gasteiger charge is 2.24. The quantitative estimate of drug-likeness (QED) is 0.580. The van der Waals surface area contributed by atoms with Crippen molar-refractivity contribution in [2.45, 2.75) is 0 Å². The molecule has 1 aromatic rings. The lowest BCUT2D eigenvalue weighted by atomic mass is 10.1. The second-order valence-electron chi connectivity index (χ2n) is 2.71. The maximum atomic E-state index is 5.21. The van der Waals surface area contributed by atoms with Gasteiger partial charge in [-0.3, -0.25) is 0 Å². The van der Waals surface area contributed by atoms with Gasteiger partial charge in [-0.05, 0) is 0 Å². The molecule has 12 heavy (non-hydrogen) atoms.